The Kier molecular flexibility index (Phi) is 6.47. The van der Waals surface area contributed by atoms with Gasteiger partial charge in [-0.25, -0.2) is 4.39 Å². The fraction of sp³-hybridized carbons (Fsp3) is 0.278. The van der Waals surface area contributed by atoms with E-state index >= 15 is 0 Å². The molecule has 0 aliphatic rings. The molecule has 0 saturated carbocycles. The Morgan fingerprint density at radius 2 is 1.91 bits per heavy atom. The minimum Gasteiger partial charge on any atom is -0.496 e. The Bertz CT molecular complexity index is 663. The highest BCUT2D eigenvalue weighted by Gasteiger charge is 2.13. The third-order valence-electron chi connectivity index (χ3n) is 3.43. The van der Waals surface area contributed by atoms with Crippen molar-refractivity contribution in [2.45, 2.75) is 18.7 Å². The molecule has 0 bridgehead atoms. The van der Waals surface area contributed by atoms with Gasteiger partial charge in [-0.15, -0.1) is 11.8 Å². The molecule has 2 aromatic carbocycles. The van der Waals surface area contributed by atoms with E-state index in [1.165, 1.54) is 17.8 Å². The van der Waals surface area contributed by atoms with Gasteiger partial charge in [-0.1, -0.05) is 36.4 Å². The second kappa shape index (κ2) is 8.58. The van der Waals surface area contributed by atoms with Gasteiger partial charge in [-0.05, 0) is 24.6 Å². The largest absolute Gasteiger partial charge is 0.496 e. The molecule has 3 nitrogen and oxygen atoms in total. The van der Waals surface area contributed by atoms with Gasteiger partial charge >= 0.3 is 0 Å². The number of nitrogens with one attached hydrogen (secondary N) is 1. The number of thioether (sulfide) groups is 1. The third kappa shape index (κ3) is 4.99. The summed E-state index contributed by atoms with van der Waals surface area (Å²) in [4.78, 5) is 12.0. The predicted molar refractivity (Wildman–Crippen MR) is 92.1 cm³/mol. The van der Waals surface area contributed by atoms with Crippen molar-refractivity contribution in [2.24, 2.45) is 0 Å². The van der Waals surface area contributed by atoms with Crippen LogP contribution in [-0.4, -0.2) is 18.8 Å². The van der Waals surface area contributed by atoms with Crippen molar-refractivity contribution in [3.05, 3.63) is 65.5 Å². The van der Waals surface area contributed by atoms with Gasteiger partial charge in [0.05, 0.1) is 18.9 Å². The molecule has 0 aromatic heterocycles. The molecule has 1 N–H and O–H groups in total. The molecular weight excluding hydrogens is 313 g/mol. The smallest absolute Gasteiger partial charge is 0.230 e. The molecule has 0 spiro atoms. The Balaban J connectivity index is 1.84. The van der Waals surface area contributed by atoms with Crippen molar-refractivity contribution < 1.29 is 13.9 Å². The summed E-state index contributed by atoms with van der Waals surface area (Å²) in [6, 6.07) is 14.1. The molecule has 122 valence electrons. The molecule has 0 aliphatic heterocycles. The first kappa shape index (κ1) is 17.3. The van der Waals surface area contributed by atoms with Crippen molar-refractivity contribution in [2.75, 3.05) is 12.9 Å². The molecule has 23 heavy (non-hydrogen) atoms. The number of methoxy groups -OCH3 is 1. The normalized spacial score (nSPS) is 11.8. The molecule has 0 heterocycles. The zero-order chi connectivity index (χ0) is 16.7. The van der Waals surface area contributed by atoms with E-state index in [1.807, 2.05) is 31.2 Å². The number of hydrogen-bond acceptors (Lipinski definition) is 3. The maximum Gasteiger partial charge on any atom is 0.230 e. The number of hydrogen-bond donors (Lipinski definition) is 1. The second-order valence-electron chi connectivity index (χ2n) is 5.12. The zero-order valence-corrected chi connectivity index (χ0v) is 14.0. The van der Waals surface area contributed by atoms with Crippen LogP contribution in [0.5, 0.6) is 5.75 Å². The summed E-state index contributed by atoms with van der Waals surface area (Å²) >= 11 is 1.39. The summed E-state index contributed by atoms with van der Waals surface area (Å²) in [6.07, 6.45) is 0. The van der Waals surface area contributed by atoms with E-state index in [-0.39, 0.29) is 23.5 Å². The van der Waals surface area contributed by atoms with Crippen molar-refractivity contribution in [1.82, 2.24) is 5.32 Å². The average Bonchev–Trinajstić information content (AvgIpc) is 2.56. The van der Waals surface area contributed by atoms with E-state index in [0.29, 0.717) is 11.3 Å². The minimum absolute atomic E-state index is 0.0789. The van der Waals surface area contributed by atoms with Gasteiger partial charge in [0.15, 0.2) is 0 Å². The van der Waals surface area contributed by atoms with Crippen LogP contribution in [0.3, 0.4) is 0 Å². The van der Waals surface area contributed by atoms with Crippen LogP contribution in [0.25, 0.3) is 0 Å². The summed E-state index contributed by atoms with van der Waals surface area (Å²) < 4.78 is 18.8. The second-order valence-corrected chi connectivity index (χ2v) is 6.10. The highest BCUT2D eigenvalue weighted by molar-refractivity contribution is 7.99. The van der Waals surface area contributed by atoms with Crippen molar-refractivity contribution >= 4 is 17.7 Å². The van der Waals surface area contributed by atoms with Gasteiger partial charge < -0.3 is 10.1 Å². The molecule has 2 rings (SSSR count). The summed E-state index contributed by atoms with van der Waals surface area (Å²) in [6.45, 7) is 1.91. The third-order valence-corrected chi connectivity index (χ3v) is 4.41. The number of benzene rings is 2. The van der Waals surface area contributed by atoms with Gasteiger partial charge in [0, 0.05) is 11.3 Å². The quantitative estimate of drug-likeness (QED) is 0.834. The first-order chi connectivity index (χ1) is 11.1. The molecule has 1 atom stereocenters. The number of carbonyl (C=O) groups is 1. The van der Waals surface area contributed by atoms with Crippen molar-refractivity contribution in [3.63, 3.8) is 0 Å². The van der Waals surface area contributed by atoms with E-state index < -0.39 is 0 Å². The minimum atomic E-state index is -0.234. The standard InChI is InChI=1S/C18H20FNO2S/c1-13(15-8-4-6-10-17(15)22-2)20-18(21)12-23-11-14-7-3-5-9-16(14)19/h3-10,13H,11-12H2,1-2H3,(H,20,21)/t13-/m0/s1. The van der Waals surface area contributed by atoms with E-state index in [0.717, 1.165) is 11.3 Å². The van der Waals surface area contributed by atoms with Gasteiger partial charge in [-0.3, -0.25) is 4.79 Å². The molecular formula is C18H20FNO2S. The van der Waals surface area contributed by atoms with Crippen LogP contribution in [0, 0.1) is 5.82 Å². The lowest BCUT2D eigenvalue weighted by Crippen LogP contribution is -2.28. The average molecular weight is 333 g/mol. The van der Waals surface area contributed by atoms with Crippen LogP contribution in [0.1, 0.15) is 24.1 Å². The van der Waals surface area contributed by atoms with E-state index in [2.05, 4.69) is 5.32 Å². The molecule has 0 unspecified atom stereocenters. The maximum absolute atomic E-state index is 13.5. The number of halogens is 1. The van der Waals surface area contributed by atoms with Gasteiger partial charge in [0.2, 0.25) is 5.91 Å². The Labute approximate surface area is 140 Å². The van der Waals surface area contributed by atoms with Gasteiger partial charge in [0.25, 0.3) is 0 Å². The van der Waals surface area contributed by atoms with E-state index in [9.17, 15) is 9.18 Å². The number of rotatable bonds is 7. The van der Waals surface area contributed by atoms with Gasteiger partial charge in [0.1, 0.15) is 11.6 Å². The lowest BCUT2D eigenvalue weighted by atomic mass is 10.1. The van der Waals surface area contributed by atoms with E-state index in [1.54, 1.807) is 25.3 Å². The van der Waals surface area contributed by atoms with Crippen LogP contribution < -0.4 is 10.1 Å². The topological polar surface area (TPSA) is 38.3 Å². The van der Waals surface area contributed by atoms with Crippen molar-refractivity contribution in [3.8, 4) is 5.75 Å². The summed E-state index contributed by atoms with van der Waals surface area (Å²) in [5.41, 5.74) is 1.55. The first-order valence-electron chi connectivity index (χ1n) is 7.35. The van der Waals surface area contributed by atoms with Gasteiger partial charge in [-0.2, -0.15) is 0 Å². The predicted octanol–water partition coefficient (Wildman–Crippen LogP) is 3.94. The van der Waals surface area contributed by atoms with Crippen LogP contribution in [0.15, 0.2) is 48.5 Å². The number of carbonyl (C=O) groups excluding carboxylic acids is 1. The summed E-state index contributed by atoms with van der Waals surface area (Å²) in [7, 11) is 1.61. The maximum atomic E-state index is 13.5. The van der Waals surface area contributed by atoms with E-state index in [4.69, 9.17) is 4.74 Å². The molecule has 0 radical (unpaired) electrons. The molecule has 2 aromatic rings. The van der Waals surface area contributed by atoms with Crippen molar-refractivity contribution in [1.29, 1.82) is 0 Å². The number of para-hydroxylation sites is 1. The highest BCUT2D eigenvalue weighted by atomic mass is 32.2. The Morgan fingerprint density at radius 3 is 2.65 bits per heavy atom. The summed E-state index contributed by atoms with van der Waals surface area (Å²) in [5, 5.41) is 2.94. The molecule has 0 aliphatic carbocycles. The lowest BCUT2D eigenvalue weighted by molar-refractivity contribution is -0.119. The molecule has 0 fully saturated rings. The SMILES string of the molecule is COc1ccccc1[C@H](C)NC(=O)CSCc1ccccc1F. The molecule has 5 heteroatoms. The summed E-state index contributed by atoms with van der Waals surface area (Å²) in [5.74, 6) is 1.20. The zero-order valence-electron chi connectivity index (χ0n) is 13.2. The monoisotopic (exact) mass is 333 g/mol. The van der Waals surface area contributed by atoms with Crippen LogP contribution in [0.2, 0.25) is 0 Å². The molecule has 0 saturated heterocycles. The lowest BCUT2D eigenvalue weighted by Gasteiger charge is -2.17. The van der Waals surface area contributed by atoms with Crippen LogP contribution >= 0.6 is 11.8 Å². The number of ether oxygens (including phenoxy) is 1. The fourth-order valence-corrected chi connectivity index (χ4v) is 3.08. The Hall–Kier alpha value is -2.01. The van der Waals surface area contributed by atoms with Crippen LogP contribution in [-0.2, 0) is 10.5 Å². The van der Waals surface area contributed by atoms with Crippen LogP contribution in [0.4, 0.5) is 4.39 Å². The molecule has 1 amide bonds. The first-order valence-corrected chi connectivity index (χ1v) is 8.50. The highest BCUT2D eigenvalue weighted by Crippen LogP contribution is 2.24. The Morgan fingerprint density at radius 1 is 1.22 bits per heavy atom. The fourth-order valence-electron chi connectivity index (χ4n) is 2.25. The number of amides is 1.